The van der Waals surface area contributed by atoms with Crippen LogP contribution in [0, 0.1) is 5.41 Å². The highest BCUT2D eigenvalue weighted by Gasteiger charge is 2.43. The molecular weight excluding hydrogens is 228 g/mol. The van der Waals surface area contributed by atoms with Gasteiger partial charge in [0.25, 0.3) is 0 Å². The lowest BCUT2D eigenvalue weighted by molar-refractivity contribution is -0.121. The smallest absolute Gasteiger partial charge is 0.162 e. The van der Waals surface area contributed by atoms with Gasteiger partial charge in [-0.05, 0) is 44.4 Å². The van der Waals surface area contributed by atoms with Crippen LogP contribution in [-0.4, -0.2) is 22.3 Å². The first-order chi connectivity index (χ1) is 8.15. The molecule has 0 aromatic heterocycles. The maximum atomic E-state index is 12.2. The summed E-state index contributed by atoms with van der Waals surface area (Å²) < 4.78 is 0. The zero-order chi connectivity index (χ0) is 13.7. The molecule has 0 heterocycles. The van der Waals surface area contributed by atoms with E-state index in [9.17, 15) is 14.7 Å². The molecule has 0 aromatic carbocycles. The molecule has 0 fully saturated rings. The van der Waals surface area contributed by atoms with E-state index in [4.69, 9.17) is 0 Å². The first kappa shape index (κ1) is 13.2. The number of ketones is 2. The van der Waals surface area contributed by atoms with Crippen LogP contribution in [-0.2, 0) is 9.59 Å². The molecule has 0 radical (unpaired) electrons. The largest absolute Gasteiger partial charge is 0.386 e. The van der Waals surface area contributed by atoms with Crippen molar-refractivity contribution < 1.29 is 14.7 Å². The predicted molar refractivity (Wildman–Crippen MR) is 69.1 cm³/mol. The molecule has 1 unspecified atom stereocenters. The van der Waals surface area contributed by atoms with E-state index in [2.05, 4.69) is 0 Å². The fourth-order valence-corrected chi connectivity index (χ4v) is 2.97. The quantitative estimate of drug-likeness (QED) is 0.775. The highest BCUT2D eigenvalue weighted by atomic mass is 16.3. The summed E-state index contributed by atoms with van der Waals surface area (Å²) in [5, 5.41) is 10.0. The monoisotopic (exact) mass is 248 g/mol. The van der Waals surface area contributed by atoms with E-state index in [0.29, 0.717) is 18.4 Å². The summed E-state index contributed by atoms with van der Waals surface area (Å²) in [5.41, 5.74) is 0.730. The van der Waals surface area contributed by atoms with Crippen molar-refractivity contribution in [2.24, 2.45) is 5.41 Å². The minimum absolute atomic E-state index is 0.00380. The fraction of sp³-hybridized carbons (Fsp3) is 0.600. The average Bonchev–Trinajstić information content (AvgIpc) is 2.21. The minimum Gasteiger partial charge on any atom is -0.386 e. The Morgan fingerprint density at radius 1 is 1.28 bits per heavy atom. The highest BCUT2D eigenvalue weighted by Crippen LogP contribution is 2.47. The van der Waals surface area contributed by atoms with E-state index >= 15 is 0 Å². The second kappa shape index (κ2) is 3.89. The molecule has 2 aliphatic carbocycles. The van der Waals surface area contributed by atoms with Gasteiger partial charge < -0.3 is 5.11 Å². The molecule has 0 aromatic rings. The molecule has 1 N–H and O–H groups in total. The number of fused-ring (bicyclic) bond motifs is 1. The Balaban J connectivity index is 2.61. The molecule has 2 aliphatic rings. The molecule has 98 valence electrons. The zero-order valence-corrected chi connectivity index (χ0v) is 11.5. The molecule has 0 saturated heterocycles. The molecule has 0 bridgehead atoms. The summed E-state index contributed by atoms with van der Waals surface area (Å²) in [4.78, 5) is 23.9. The van der Waals surface area contributed by atoms with Gasteiger partial charge in [0.05, 0.1) is 5.60 Å². The van der Waals surface area contributed by atoms with Gasteiger partial charge in [-0.1, -0.05) is 6.92 Å². The van der Waals surface area contributed by atoms with Crippen LogP contribution in [0.5, 0.6) is 0 Å². The van der Waals surface area contributed by atoms with Crippen molar-refractivity contribution in [2.45, 2.75) is 52.6 Å². The second-order valence-corrected chi connectivity index (χ2v) is 6.24. The fourth-order valence-electron chi connectivity index (χ4n) is 2.97. The van der Waals surface area contributed by atoms with Crippen LogP contribution in [0.4, 0.5) is 0 Å². The van der Waals surface area contributed by atoms with Crippen LogP contribution in [0.1, 0.15) is 47.0 Å². The zero-order valence-electron chi connectivity index (χ0n) is 11.5. The number of Topliss-reactive ketones (excluding diaryl/α,β-unsaturated/α-hetero) is 2. The van der Waals surface area contributed by atoms with Gasteiger partial charge in [-0.25, -0.2) is 0 Å². The van der Waals surface area contributed by atoms with Gasteiger partial charge in [0.2, 0.25) is 0 Å². The molecule has 18 heavy (non-hydrogen) atoms. The number of aliphatic hydroxyl groups is 1. The molecule has 0 aliphatic heterocycles. The van der Waals surface area contributed by atoms with Gasteiger partial charge in [-0.2, -0.15) is 0 Å². The molecular formula is C15H20O3. The Hall–Kier alpha value is -1.22. The SMILES string of the molecule is CC1=C2C=C(C(C)(C)O)C(=O)CC2(C)CCC1=O. The van der Waals surface area contributed by atoms with Gasteiger partial charge in [-0.3, -0.25) is 9.59 Å². The number of carbonyl (C=O) groups is 2. The lowest BCUT2D eigenvalue weighted by Gasteiger charge is -2.40. The summed E-state index contributed by atoms with van der Waals surface area (Å²) in [6.07, 6.45) is 3.38. The van der Waals surface area contributed by atoms with Crippen molar-refractivity contribution in [1.82, 2.24) is 0 Å². The lowest BCUT2D eigenvalue weighted by atomic mass is 9.63. The topological polar surface area (TPSA) is 54.4 Å². The molecule has 3 heteroatoms. The normalized spacial score (nSPS) is 29.3. The van der Waals surface area contributed by atoms with Gasteiger partial charge in [0.15, 0.2) is 11.6 Å². The van der Waals surface area contributed by atoms with Crippen LogP contribution in [0.15, 0.2) is 22.8 Å². The Labute approximate surface area is 108 Å². The maximum Gasteiger partial charge on any atom is 0.162 e. The first-order valence-corrected chi connectivity index (χ1v) is 6.37. The summed E-state index contributed by atoms with van der Waals surface area (Å²) in [6.45, 7) is 7.08. The van der Waals surface area contributed by atoms with Gasteiger partial charge >= 0.3 is 0 Å². The molecule has 0 amide bonds. The summed E-state index contributed by atoms with van der Waals surface area (Å²) in [6, 6.07) is 0. The van der Waals surface area contributed by atoms with Crippen molar-refractivity contribution in [1.29, 1.82) is 0 Å². The van der Waals surface area contributed by atoms with Crippen LogP contribution in [0.25, 0.3) is 0 Å². The minimum atomic E-state index is -1.15. The molecule has 0 spiro atoms. The third-order valence-corrected chi connectivity index (χ3v) is 4.18. The van der Waals surface area contributed by atoms with Crippen molar-refractivity contribution in [3.63, 3.8) is 0 Å². The Morgan fingerprint density at radius 3 is 2.44 bits per heavy atom. The number of carbonyl (C=O) groups excluding carboxylic acids is 2. The van der Waals surface area contributed by atoms with Gasteiger partial charge in [-0.15, -0.1) is 0 Å². The molecule has 1 atom stereocenters. The number of rotatable bonds is 1. The Kier molecular flexibility index (Phi) is 2.85. The summed E-state index contributed by atoms with van der Waals surface area (Å²) >= 11 is 0. The van der Waals surface area contributed by atoms with Gasteiger partial charge in [0.1, 0.15) is 0 Å². The molecule has 3 nitrogen and oxygen atoms in total. The van der Waals surface area contributed by atoms with E-state index in [1.807, 2.05) is 13.8 Å². The lowest BCUT2D eigenvalue weighted by Crippen LogP contribution is -2.38. The van der Waals surface area contributed by atoms with Crippen LogP contribution < -0.4 is 0 Å². The number of hydrogen-bond acceptors (Lipinski definition) is 3. The van der Waals surface area contributed by atoms with Crippen LogP contribution >= 0.6 is 0 Å². The average molecular weight is 248 g/mol. The highest BCUT2D eigenvalue weighted by molar-refractivity contribution is 6.03. The summed E-state index contributed by atoms with van der Waals surface area (Å²) in [5.74, 6) is 0.152. The Bertz CT molecular complexity index is 488. The van der Waals surface area contributed by atoms with Crippen LogP contribution in [0.3, 0.4) is 0 Å². The number of hydrogen-bond donors (Lipinski definition) is 1. The number of allylic oxidation sites excluding steroid dienone is 3. The van der Waals surface area contributed by atoms with Crippen LogP contribution in [0.2, 0.25) is 0 Å². The first-order valence-electron chi connectivity index (χ1n) is 6.37. The third kappa shape index (κ3) is 1.97. The van der Waals surface area contributed by atoms with E-state index in [1.54, 1.807) is 19.9 Å². The van der Waals surface area contributed by atoms with Crippen molar-refractivity contribution in [3.05, 3.63) is 22.8 Å². The predicted octanol–water partition coefficient (Wildman–Crippen LogP) is 2.34. The van der Waals surface area contributed by atoms with Crippen molar-refractivity contribution >= 4 is 11.6 Å². The van der Waals surface area contributed by atoms with Gasteiger partial charge in [0, 0.05) is 23.8 Å². The molecule has 0 saturated carbocycles. The van der Waals surface area contributed by atoms with Crippen molar-refractivity contribution in [3.8, 4) is 0 Å². The Morgan fingerprint density at radius 2 is 1.89 bits per heavy atom. The van der Waals surface area contributed by atoms with E-state index < -0.39 is 5.60 Å². The van der Waals surface area contributed by atoms with E-state index in [1.165, 1.54) is 0 Å². The van der Waals surface area contributed by atoms with Crippen molar-refractivity contribution in [2.75, 3.05) is 0 Å². The third-order valence-electron chi connectivity index (χ3n) is 4.18. The standard InChI is InChI=1S/C15H20O3/c1-9-10-7-11(14(2,3)18)13(17)8-15(10,4)6-5-12(9)16/h7,18H,5-6,8H2,1-4H3. The molecule has 2 rings (SSSR count). The summed E-state index contributed by atoms with van der Waals surface area (Å²) in [7, 11) is 0. The van der Waals surface area contributed by atoms with E-state index in [-0.39, 0.29) is 17.0 Å². The second-order valence-electron chi connectivity index (χ2n) is 6.24. The van der Waals surface area contributed by atoms with E-state index in [0.717, 1.165) is 17.6 Å². The maximum absolute atomic E-state index is 12.2.